The molecule has 0 saturated carbocycles. The molecular formula is C13H17NO3. The van der Waals surface area contributed by atoms with Crippen LogP contribution in [0.4, 0.5) is 0 Å². The van der Waals surface area contributed by atoms with Crippen molar-refractivity contribution < 1.29 is 15.0 Å². The standard InChI is InChI=1S/C13H17NO3/c15-10-5-6-11(12(16)9-10)13(17)14-7-3-1-2-4-8-14/h5-6,9,15-16H,1-4,7-8H2. The molecule has 1 aliphatic heterocycles. The average molecular weight is 235 g/mol. The van der Waals surface area contributed by atoms with Crippen molar-refractivity contribution in [1.82, 2.24) is 4.90 Å². The van der Waals surface area contributed by atoms with Crippen molar-refractivity contribution in [2.75, 3.05) is 13.1 Å². The van der Waals surface area contributed by atoms with E-state index in [-0.39, 0.29) is 23.0 Å². The third kappa shape index (κ3) is 2.70. The zero-order valence-electron chi connectivity index (χ0n) is 9.72. The smallest absolute Gasteiger partial charge is 0.257 e. The van der Waals surface area contributed by atoms with Gasteiger partial charge in [-0.05, 0) is 25.0 Å². The number of hydrogen-bond donors (Lipinski definition) is 2. The monoisotopic (exact) mass is 235 g/mol. The van der Waals surface area contributed by atoms with Crippen LogP contribution in [0.5, 0.6) is 11.5 Å². The summed E-state index contributed by atoms with van der Waals surface area (Å²) >= 11 is 0. The number of phenolic OH excluding ortho intramolecular Hbond substituents is 2. The second kappa shape index (κ2) is 5.08. The molecule has 92 valence electrons. The van der Waals surface area contributed by atoms with E-state index in [4.69, 9.17) is 0 Å². The molecule has 1 amide bonds. The number of rotatable bonds is 1. The van der Waals surface area contributed by atoms with E-state index in [0.717, 1.165) is 38.8 Å². The summed E-state index contributed by atoms with van der Waals surface area (Å²) in [5, 5.41) is 18.8. The number of aromatic hydroxyl groups is 2. The minimum atomic E-state index is -0.153. The lowest BCUT2D eigenvalue weighted by molar-refractivity contribution is 0.0758. The average Bonchev–Trinajstić information content (AvgIpc) is 2.56. The molecule has 2 rings (SSSR count). The van der Waals surface area contributed by atoms with E-state index >= 15 is 0 Å². The Bertz CT molecular complexity index is 409. The molecule has 1 heterocycles. The van der Waals surface area contributed by atoms with Crippen molar-refractivity contribution in [1.29, 1.82) is 0 Å². The number of nitrogens with zero attached hydrogens (tertiary/aromatic N) is 1. The van der Waals surface area contributed by atoms with Gasteiger partial charge in [0.2, 0.25) is 0 Å². The SMILES string of the molecule is O=C(c1ccc(O)cc1O)N1CCCCCC1. The Kier molecular flexibility index (Phi) is 3.52. The van der Waals surface area contributed by atoms with Crippen molar-refractivity contribution in [3.63, 3.8) is 0 Å². The van der Waals surface area contributed by atoms with E-state index in [2.05, 4.69) is 0 Å². The molecule has 1 saturated heterocycles. The number of likely N-dealkylation sites (tertiary alicyclic amines) is 1. The Hall–Kier alpha value is -1.71. The van der Waals surface area contributed by atoms with Gasteiger partial charge in [-0.25, -0.2) is 0 Å². The Balaban J connectivity index is 2.17. The number of phenols is 2. The van der Waals surface area contributed by atoms with Crippen LogP contribution in [0.25, 0.3) is 0 Å². The predicted molar refractivity (Wildman–Crippen MR) is 64.1 cm³/mol. The summed E-state index contributed by atoms with van der Waals surface area (Å²) in [5.41, 5.74) is 0.268. The maximum Gasteiger partial charge on any atom is 0.257 e. The molecule has 0 aromatic heterocycles. The van der Waals surface area contributed by atoms with Gasteiger partial charge in [0.1, 0.15) is 11.5 Å². The molecule has 0 spiro atoms. The quantitative estimate of drug-likeness (QED) is 0.783. The number of benzene rings is 1. The largest absolute Gasteiger partial charge is 0.508 e. The Morgan fingerprint density at radius 1 is 1.06 bits per heavy atom. The molecule has 4 heteroatoms. The van der Waals surface area contributed by atoms with E-state index in [1.54, 1.807) is 4.90 Å². The summed E-state index contributed by atoms with van der Waals surface area (Å²) in [4.78, 5) is 13.9. The van der Waals surface area contributed by atoms with Gasteiger partial charge >= 0.3 is 0 Å². The Morgan fingerprint density at radius 3 is 2.29 bits per heavy atom. The van der Waals surface area contributed by atoms with Gasteiger partial charge in [-0.1, -0.05) is 12.8 Å². The van der Waals surface area contributed by atoms with Gasteiger partial charge < -0.3 is 15.1 Å². The fraction of sp³-hybridized carbons (Fsp3) is 0.462. The van der Waals surface area contributed by atoms with E-state index < -0.39 is 0 Å². The van der Waals surface area contributed by atoms with Crippen molar-refractivity contribution in [3.8, 4) is 11.5 Å². The van der Waals surface area contributed by atoms with E-state index in [9.17, 15) is 15.0 Å². The maximum absolute atomic E-state index is 12.2. The highest BCUT2D eigenvalue weighted by Crippen LogP contribution is 2.24. The zero-order valence-corrected chi connectivity index (χ0v) is 9.72. The van der Waals surface area contributed by atoms with Gasteiger partial charge in [-0.15, -0.1) is 0 Å². The molecule has 0 atom stereocenters. The third-order valence-corrected chi connectivity index (χ3v) is 3.10. The predicted octanol–water partition coefficient (Wildman–Crippen LogP) is 2.11. The van der Waals surface area contributed by atoms with Crippen molar-refractivity contribution in [2.45, 2.75) is 25.7 Å². The molecule has 4 nitrogen and oxygen atoms in total. The minimum Gasteiger partial charge on any atom is -0.508 e. The summed E-state index contributed by atoms with van der Waals surface area (Å²) in [6.07, 6.45) is 4.35. The fourth-order valence-electron chi connectivity index (χ4n) is 2.15. The number of carbonyl (C=O) groups is 1. The van der Waals surface area contributed by atoms with Gasteiger partial charge in [0.15, 0.2) is 0 Å². The molecule has 0 bridgehead atoms. The molecule has 2 N–H and O–H groups in total. The highest BCUT2D eigenvalue weighted by Gasteiger charge is 2.19. The zero-order chi connectivity index (χ0) is 12.3. The molecule has 1 aromatic rings. The summed E-state index contributed by atoms with van der Waals surface area (Å²) in [6.45, 7) is 1.50. The van der Waals surface area contributed by atoms with Crippen LogP contribution in [0, 0.1) is 0 Å². The molecule has 1 aromatic carbocycles. The van der Waals surface area contributed by atoms with Crippen molar-refractivity contribution >= 4 is 5.91 Å². The van der Waals surface area contributed by atoms with Crippen molar-refractivity contribution in [2.24, 2.45) is 0 Å². The highest BCUT2D eigenvalue weighted by molar-refractivity contribution is 5.97. The summed E-state index contributed by atoms with van der Waals surface area (Å²) in [6, 6.07) is 4.09. The molecule has 17 heavy (non-hydrogen) atoms. The third-order valence-electron chi connectivity index (χ3n) is 3.10. The van der Waals surface area contributed by atoms with Gasteiger partial charge in [-0.2, -0.15) is 0 Å². The summed E-state index contributed by atoms with van der Waals surface area (Å²) in [7, 11) is 0. The normalized spacial score (nSPS) is 16.6. The van der Waals surface area contributed by atoms with E-state index in [1.807, 2.05) is 0 Å². The molecule has 1 aliphatic rings. The van der Waals surface area contributed by atoms with E-state index in [0.29, 0.717) is 0 Å². The van der Waals surface area contributed by atoms with Crippen LogP contribution in [-0.4, -0.2) is 34.1 Å². The summed E-state index contributed by atoms with van der Waals surface area (Å²) in [5.74, 6) is -0.335. The Labute approximate surface area is 100 Å². The van der Waals surface area contributed by atoms with E-state index in [1.165, 1.54) is 18.2 Å². The van der Waals surface area contributed by atoms with Crippen LogP contribution < -0.4 is 0 Å². The summed E-state index contributed by atoms with van der Waals surface area (Å²) < 4.78 is 0. The second-order valence-corrected chi connectivity index (χ2v) is 4.41. The fourth-order valence-corrected chi connectivity index (χ4v) is 2.15. The first-order chi connectivity index (χ1) is 8.18. The van der Waals surface area contributed by atoms with Crippen LogP contribution in [0.3, 0.4) is 0 Å². The number of carbonyl (C=O) groups excluding carboxylic acids is 1. The second-order valence-electron chi connectivity index (χ2n) is 4.41. The first-order valence-electron chi connectivity index (χ1n) is 6.00. The molecular weight excluding hydrogens is 218 g/mol. The molecule has 0 aliphatic carbocycles. The molecule has 0 radical (unpaired) electrons. The van der Waals surface area contributed by atoms with Crippen LogP contribution in [0.2, 0.25) is 0 Å². The van der Waals surface area contributed by atoms with Gasteiger partial charge in [0.25, 0.3) is 5.91 Å². The molecule has 1 fully saturated rings. The molecule has 0 unspecified atom stereocenters. The Morgan fingerprint density at radius 2 is 1.71 bits per heavy atom. The minimum absolute atomic E-state index is 0.0325. The lowest BCUT2D eigenvalue weighted by Crippen LogP contribution is -2.31. The van der Waals surface area contributed by atoms with Crippen LogP contribution in [0.15, 0.2) is 18.2 Å². The van der Waals surface area contributed by atoms with Crippen LogP contribution in [0.1, 0.15) is 36.0 Å². The van der Waals surface area contributed by atoms with Gasteiger partial charge in [-0.3, -0.25) is 4.79 Å². The first-order valence-corrected chi connectivity index (χ1v) is 6.00. The lowest BCUT2D eigenvalue weighted by atomic mass is 10.1. The lowest BCUT2D eigenvalue weighted by Gasteiger charge is -2.20. The maximum atomic E-state index is 12.2. The first kappa shape index (κ1) is 11.8. The van der Waals surface area contributed by atoms with Crippen molar-refractivity contribution in [3.05, 3.63) is 23.8 Å². The van der Waals surface area contributed by atoms with Crippen LogP contribution in [-0.2, 0) is 0 Å². The number of hydrogen-bond acceptors (Lipinski definition) is 3. The number of amides is 1. The van der Waals surface area contributed by atoms with Gasteiger partial charge in [0.05, 0.1) is 5.56 Å². The topological polar surface area (TPSA) is 60.8 Å². The highest BCUT2D eigenvalue weighted by atomic mass is 16.3. The van der Waals surface area contributed by atoms with Gasteiger partial charge in [0, 0.05) is 19.2 Å². The van der Waals surface area contributed by atoms with Crippen LogP contribution >= 0.6 is 0 Å².